The van der Waals surface area contributed by atoms with Crippen LogP contribution in [0.5, 0.6) is 0 Å². The zero-order chi connectivity index (χ0) is 14.7. The van der Waals surface area contributed by atoms with E-state index in [-0.39, 0.29) is 5.91 Å². The van der Waals surface area contributed by atoms with Gasteiger partial charge in [-0.15, -0.1) is 0 Å². The standard InChI is InChI=1S/C16H20N4O/c1-19-11-7-14(8-12-19)18-16(21)13-3-5-15(6-4-13)20-10-2-9-17-20/h2-6,9-10,14H,7-8,11-12H2,1H3,(H,18,21). The Morgan fingerprint density at radius 2 is 1.95 bits per heavy atom. The second-order valence-electron chi connectivity index (χ2n) is 5.55. The number of benzene rings is 1. The molecular weight excluding hydrogens is 264 g/mol. The second-order valence-corrected chi connectivity index (χ2v) is 5.55. The van der Waals surface area contributed by atoms with Crippen LogP contribution in [0.3, 0.4) is 0 Å². The van der Waals surface area contributed by atoms with Crippen molar-refractivity contribution in [2.45, 2.75) is 18.9 Å². The SMILES string of the molecule is CN1CCC(NC(=O)c2ccc(-n3cccn3)cc2)CC1. The van der Waals surface area contributed by atoms with Crippen molar-refractivity contribution in [1.82, 2.24) is 20.0 Å². The topological polar surface area (TPSA) is 50.2 Å². The minimum Gasteiger partial charge on any atom is -0.349 e. The maximum atomic E-state index is 12.2. The van der Waals surface area contributed by atoms with Crippen LogP contribution in [0, 0.1) is 0 Å². The lowest BCUT2D eigenvalue weighted by atomic mass is 10.0. The molecule has 0 aliphatic carbocycles. The van der Waals surface area contributed by atoms with Crippen LogP contribution < -0.4 is 5.32 Å². The quantitative estimate of drug-likeness (QED) is 0.933. The molecule has 2 aromatic rings. The molecule has 1 N–H and O–H groups in total. The molecule has 0 unspecified atom stereocenters. The van der Waals surface area contributed by atoms with E-state index < -0.39 is 0 Å². The highest BCUT2D eigenvalue weighted by atomic mass is 16.1. The first-order valence-corrected chi connectivity index (χ1v) is 7.32. The summed E-state index contributed by atoms with van der Waals surface area (Å²) in [5.74, 6) is 0.0107. The van der Waals surface area contributed by atoms with Crippen molar-refractivity contribution >= 4 is 5.91 Å². The fourth-order valence-corrected chi connectivity index (χ4v) is 2.61. The Morgan fingerprint density at radius 3 is 2.57 bits per heavy atom. The van der Waals surface area contributed by atoms with Crippen LogP contribution in [-0.2, 0) is 0 Å². The summed E-state index contributed by atoms with van der Waals surface area (Å²) >= 11 is 0. The number of likely N-dealkylation sites (tertiary alicyclic amines) is 1. The summed E-state index contributed by atoms with van der Waals surface area (Å²) in [6.07, 6.45) is 5.66. The molecule has 1 aliphatic rings. The van der Waals surface area contributed by atoms with Gasteiger partial charge in [-0.3, -0.25) is 4.79 Å². The number of carbonyl (C=O) groups is 1. The minimum absolute atomic E-state index is 0.0107. The molecule has 1 aromatic heterocycles. The van der Waals surface area contributed by atoms with Crippen molar-refractivity contribution < 1.29 is 4.79 Å². The highest BCUT2D eigenvalue weighted by molar-refractivity contribution is 5.94. The molecule has 0 bridgehead atoms. The van der Waals surface area contributed by atoms with Crippen molar-refractivity contribution in [3.63, 3.8) is 0 Å². The number of amides is 1. The summed E-state index contributed by atoms with van der Waals surface area (Å²) in [5.41, 5.74) is 1.65. The molecule has 5 nitrogen and oxygen atoms in total. The fraction of sp³-hybridized carbons (Fsp3) is 0.375. The molecule has 1 fully saturated rings. The molecule has 1 aromatic carbocycles. The van der Waals surface area contributed by atoms with Crippen LogP contribution in [0.15, 0.2) is 42.7 Å². The van der Waals surface area contributed by atoms with E-state index in [1.807, 2.05) is 36.5 Å². The van der Waals surface area contributed by atoms with Gasteiger partial charge in [0.05, 0.1) is 5.69 Å². The minimum atomic E-state index is 0.0107. The molecule has 0 atom stereocenters. The van der Waals surface area contributed by atoms with Crippen molar-refractivity contribution in [2.75, 3.05) is 20.1 Å². The summed E-state index contributed by atoms with van der Waals surface area (Å²) in [7, 11) is 2.12. The third kappa shape index (κ3) is 3.31. The van der Waals surface area contributed by atoms with Gasteiger partial charge in [0.25, 0.3) is 5.91 Å². The number of hydrogen-bond donors (Lipinski definition) is 1. The van der Waals surface area contributed by atoms with Gasteiger partial charge in [-0.25, -0.2) is 4.68 Å². The third-order valence-corrected chi connectivity index (χ3v) is 3.95. The number of piperidine rings is 1. The molecule has 3 rings (SSSR count). The van der Waals surface area contributed by atoms with E-state index in [0.717, 1.165) is 31.6 Å². The zero-order valence-corrected chi connectivity index (χ0v) is 12.2. The molecule has 21 heavy (non-hydrogen) atoms. The fourth-order valence-electron chi connectivity index (χ4n) is 2.61. The largest absolute Gasteiger partial charge is 0.349 e. The summed E-state index contributed by atoms with van der Waals surface area (Å²) in [6.45, 7) is 2.09. The van der Waals surface area contributed by atoms with Crippen LogP contribution in [0.25, 0.3) is 5.69 Å². The van der Waals surface area contributed by atoms with Crippen LogP contribution >= 0.6 is 0 Å². The van der Waals surface area contributed by atoms with Gasteiger partial charge in [0.1, 0.15) is 0 Å². The van der Waals surface area contributed by atoms with E-state index in [1.165, 1.54) is 0 Å². The van der Waals surface area contributed by atoms with E-state index in [2.05, 4.69) is 22.4 Å². The lowest BCUT2D eigenvalue weighted by Crippen LogP contribution is -2.43. The Labute approximate surface area is 124 Å². The monoisotopic (exact) mass is 284 g/mol. The molecule has 0 saturated carbocycles. The maximum absolute atomic E-state index is 12.2. The Balaban J connectivity index is 1.62. The summed E-state index contributed by atoms with van der Waals surface area (Å²) in [4.78, 5) is 14.5. The smallest absolute Gasteiger partial charge is 0.251 e. The van der Waals surface area contributed by atoms with Crippen molar-refractivity contribution in [1.29, 1.82) is 0 Å². The Morgan fingerprint density at radius 1 is 1.24 bits per heavy atom. The van der Waals surface area contributed by atoms with Crippen molar-refractivity contribution in [2.24, 2.45) is 0 Å². The van der Waals surface area contributed by atoms with Crippen LogP contribution in [0.4, 0.5) is 0 Å². The average Bonchev–Trinajstić information content (AvgIpc) is 3.04. The van der Waals surface area contributed by atoms with Gasteiger partial charge in [-0.1, -0.05) is 0 Å². The third-order valence-electron chi connectivity index (χ3n) is 3.95. The first kappa shape index (κ1) is 13.8. The van der Waals surface area contributed by atoms with Gasteiger partial charge in [0.15, 0.2) is 0 Å². The molecule has 2 heterocycles. The zero-order valence-electron chi connectivity index (χ0n) is 12.2. The molecular formula is C16H20N4O. The van der Waals surface area contributed by atoms with E-state index >= 15 is 0 Å². The molecule has 1 aliphatic heterocycles. The molecule has 0 radical (unpaired) electrons. The number of aromatic nitrogens is 2. The summed E-state index contributed by atoms with van der Waals surface area (Å²) < 4.78 is 1.78. The number of carbonyl (C=O) groups excluding carboxylic acids is 1. The maximum Gasteiger partial charge on any atom is 0.251 e. The van der Waals surface area contributed by atoms with E-state index in [1.54, 1.807) is 10.9 Å². The molecule has 1 amide bonds. The van der Waals surface area contributed by atoms with E-state index in [9.17, 15) is 4.79 Å². The first-order chi connectivity index (χ1) is 10.2. The van der Waals surface area contributed by atoms with Crippen molar-refractivity contribution in [3.05, 3.63) is 48.3 Å². The lowest BCUT2D eigenvalue weighted by molar-refractivity contribution is 0.0917. The average molecular weight is 284 g/mol. The normalized spacial score (nSPS) is 16.8. The van der Waals surface area contributed by atoms with E-state index in [0.29, 0.717) is 11.6 Å². The lowest BCUT2D eigenvalue weighted by Gasteiger charge is -2.29. The Kier molecular flexibility index (Phi) is 4.01. The second kappa shape index (κ2) is 6.10. The van der Waals surface area contributed by atoms with Gasteiger partial charge in [0, 0.05) is 24.0 Å². The summed E-state index contributed by atoms with van der Waals surface area (Å²) in [6, 6.07) is 9.69. The van der Waals surface area contributed by atoms with Gasteiger partial charge >= 0.3 is 0 Å². The number of rotatable bonds is 3. The van der Waals surface area contributed by atoms with Crippen LogP contribution in [-0.4, -0.2) is 46.8 Å². The van der Waals surface area contributed by atoms with Gasteiger partial charge in [-0.2, -0.15) is 5.10 Å². The van der Waals surface area contributed by atoms with Crippen molar-refractivity contribution in [3.8, 4) is 5.69 Å². The van der Waals surface area contributed by atoms with Gasteiger partial charge < -0.3 is 10.2 Å². The van der Waals surface area contributed by atoms with Crippen LogP contribution in [0.1, 0.15) is 23.2 Å². The molecule has 110 valence electrons. The molecule has 0 spiro atoms. The van der Waals surface area contributed by atoms with Gasteiger partial charge in [0.2, 0.25) is 0 Å². The molecule has 5 heteroatoms. The predicted octanol–water partition coefficient (Wildman–Crippen LogP) is 1.70. The Bertz CT molecular complexity index is 583. The predicted molar refractivity (Wildman–Crippen MR) is 81.5 cm³/mol. The number of hydrogen-bond acceptors (Lipinski definition) is 3. The first-order valence-electron chi connectivity index (χ1n) is 7.32. The van der Waals surface area contributed by atoms with Gasteiger partial charge in [-0.05, 0) is 63.3 Å². The number of nitrogens with zero attached hydrogens (tertiary/aromatic N) is 3. The summed E-state index contributed by atoms with van der Waals surface area (Å²) in [5, 5.41) is 7.30. The highest BCUT2D eigenvalue weighted by Gasteiger charge is 2.18. The molecule has 1 saturated heterocycles. The number of nitrogens with one attached hydrogen (secondary N) is 1. The Hall–Kier alpha value is -2.14. The van der Waals surface area contributed by atoms with E-state index in [4.69, 9.17) is 0 Å². The highest BCUT2D eigenvalue weighted by Crippen LogP contribution is 2.11. The van der Waals surface area contributed by atoms with Crippen LogP contribution in [0.2, 0.25) is 0 Å².